The minimum Gasteiger partial charge on any atom is -0.494 e. The Morgan fingerprint density at radius 3 is 2.37 bits per heavy atom. The zero-order valence-electron chi connectivity index (χ0n) is 10.4. The Morgan fingerprint density at radius 1 is 1.11 bits per heavy atom. The van der Waals surface area contributed by atoms with Gasteiger partial charge in [0.2, 0.25) is 0 Å². The lowest BCUT2D eigenvalue weighted by atomic mass is 10.0. The van der Waals surface area contributed by atoms with Gasteiger partial charge in [-0.2, -0.15) is 0 Å². The Bertz CT molecular complexity index is 553. The molecule has 1 atom stereocenters. The van der Waals surface area contributed by atoms with Gasteiger partial charge in [0.25, 0.3) is 0 Å². The summed E-state index contributed by atoms with van der Waals surface area (Å²) in [5, 5.41) is 10.4. The highest BCUT2D eigenvalue weighted by atomic mass is 79.9. The van der Waals surface area contributed by atoms with E-state index in [0.29, 0.717) is 6.61 Å². The van der Waals surface area contributed by atoms with Crippen LogP contribution < -0.4 is 4.74 Å². The molecule has 0 aliphatic heterocycles. The third-order valence-corrected chi connectivity index (χ3v) is 3.98. The van der Waals surface area contributed by atoms with E-state index >= 15 is 0 Å². The molecule has 2 rings (SSSR count). The topological polar surface area (TPSA) is 29.5 Å². The number of benzene rings is 2. The molecule has 0 heterocycles. The van der Waals surface area contributed by atoms with Gasteiger partial charge in [0.05, 0.1) is 6.61 Å². The summed E-state index contributed by atoms with van der Waals surface area (Å²) in [7, 11) is 0. The van der Waals surface area contributed by atoms with E-state index in [2.05, 4.69) is 31.9 Å². The molecule has 0 aliphatic rings. The Hall–Kier alpha value is -0.840. The SMILES string of the molecule is CCOc1ccc(C(O)c2ccc(Br)cc2)c(Br)c1. The summed E-state index contributed by atoms with van der Waals surface area (Å²) in [6.07, 6.45) is -0.654. The molecule has 2 nitrogen and oxygen atoms in total. The van der Waals surface area contributed by atoms with E-state index in [4.69, 9.17) is 4.74 Å². The number of aliphatic hydroxyl groups excluding tert-OH is 1. The molecule has 0 amide bonds. The van der Waals surface area contributed by atoms with Crippen LogP contribution in [0.2, 0.25) is 0 Å². The first-order chi connectivity index (χ1) is 9.11. The second kappa shape index (κ2) is 6.55. The highest BCUT2D eigenvalue weighted by Gasteiger charge is 2.14. The lowest BCUT2D eigenvalue weighted by Crippen LogP contribution is -2.01. The average molecular weight is 386 g/mol. The molecule has 2 aromatic rings. The molecule has 0 aromatic heterocycles. The van der Waals surface area contributed by atoms with Crippen LogP contribution in [0.1, 0.15) is 24.2 Å². The third-order valence-electron chi connectivity index (χ3n) is 2.76. The molecule has 4 heteroatoms. The molecule has 0 saturated carbocycles. The van der Waals surface area contributed by atoms with Crippen molar-refractivity contribution in [1.82, 2.24) is 0 Å². The normalized spacial score (nSPS) is 12.2. The molecule has 1 unspecified atom stereocenters. The van der Waals surface area contributed by atoms with Crippen LogP contribution in [0.25, 0.3) is 0 Å². The van der Waals surface area contributed by atoms with Gasteiger partial charge >= 0.3 is 0 Å². The quantitative estimate of drug-likeness (QED) is 0.826. The molecular formula is C15H14Br2O2. The number of ether oxygens (including phenoxy) is 1. The van der Waals surface area contributed by atoms with Gasteiger partial charge in [-0.1, -0.05) is 50.1 Å². The van der Waals surface area contributed by atoms with Gasteiger partial charge in [0.1, 0.15) is 11.9 Å². The van der Waals surface area contributed by atoms with E-state index in [-0.39, 0.29) is 0 Å². The highest BCUT2D eigenvalue weighted by Crippen LogP contribution is 2.31. The van der Waals surface area contributed by atoms with Crippen molar-refractivity contribution < 1.29 is 9.84 Å². The van der Waals surface area contributed by atoms with Crippen molar-refractivity contribution in [2.45, 2.75) is 13.0 Å². The Labute approximate surface area is 129 Å². The van der Waals surface area contributed by atoms with Crippen molar-refractivity contribution >= 4 is 31.9 Å². The summed E-state index contributed by atoms with van der Waals surface area (Å²) >= 11 is 6.86. The van der Waals surface area contributed by atoms with Crippen LogP contribution in [0.3, 0.4) is 0 Å². The number of halogens is 2. The van der Waals surface area contributed by atoms with E-state index in [1.165, 1.54) is 0 Å². The highest BCUT2D eigenvalue weighted by molar-refractivity contribution is 9.10. The maximum Gasteiger partial charge on any atom is 0.120 e. The predicted octanol–water partition coefficient (Wildman–Crippen LogP) is 4.69. The summed E-state index contributed by atoms with van der Waals surface area (Å²) < 4.78 is 7.26. The van der Waals surface area contributed by atoms with Crippen LogP contribution in [0, 0.1) is 0 Å². The molecule has 19 heavy (non-hydrogen) atoms. The van der Waals surface area contributed by atoms with Crippen LogP contribution in [0.5, 0.6) is 5.75 Å². The van der Waals surface area contributed by atoms with Gasteiger partial charge in [-0.05, 0) is 42.3 Å². The van der Waals surface area contributed by atoms with Crippen LogP contribution in [0.4, 0.5) is 0 Å². The smallest absolute Gasteiger partial charge is 0.120 e. The lowest BCUT2D eigenvalue weighted by Gasteiger charge is -2.14. The summed E-state index contributed by atoms with van der Waals surface area (Å²) in [4.78, 5) is 0. The van der Waals surface area contributed by atoms with Crippen LogP contribution in [0.15, 0.2) is 51.4 Å². The van der Waals surface area contributed by atoms with Gasteiger partial charge in [-0.25, -0.2) is 0 Å². The number of rotatable bonds is 4. The Morgan fingerprint density at radius 2 is 1.79 bits per heavy atom. The van der Waals surface area contributed by atoms with Crippen molar-refractivity contribution in [3.8, 4) is 5.75 Å². The van der Waals surface area contributed by atoms with Gasteiger partial charge in [-0.3, -0.25) is 0 Å². The van der Waals surface area contributed by atoms with Crippen LogP contribution in [-0.2, 0) is 0 Å². The Kier molecular flexibility index (Phi) is 5.02. The van der Waals surface area contributed by atoms with Crippen molar-refractivity contribution in [3.63, 3.8) is 0 Å². The van der Waals surface area contributed by atoms with Gasteiger partial charge in [-0.15, -0.1) is 0 Å². The van der Waals surface area contributed by atoms with E-state index in [9.17, 15) is 5.11 Å². The maximum atomic E-state index is 10.4. The summed E-state index contributed by atoms with van der Waals surface area (Å²) in [5.74, 6) is 0.793. The van der Waals surface area contributed by atoms with Crippen molar-refractivity contribution in [2.24, 2.45) is 0 Å². The second-order valence-corrected chi connectivity index (χ2v) is 5.84. The van der Waals surface area contributed by atoms with E-state index in [1.807, 2.05) is 49.4 Å². The lowest BCUT2D eigenvalue weighted by molar-refractivity contribution is 0.219. The fourth-order valence-corrected chi connectivity index (χ4v) is 2.65. The maximum absolute atomic E-state index is 10.4. The van der Waals surface area contributed by atoms with E-state index in [1.54, 1.807) is 0 Å². The van der Waals surface area contributed by atoms with Crippen molar-refractivity contribution in [2.75, 3.05) is 6.61 Å². The number of aliphatic hydroxyl groups is 1. The van der Waals surface area contributed by atoms with E-state index in [0.717, 1.165) is 25.8 Å². The minimum absolute atomic E-state index is 0.626. The standard InChI is InChI=1S/C15H14Br2O2/c1-2-19-12-7-8-13(14(17)9-12)15(18)10-3-5-11(16)6-4-10/h3-9,15,18H,2H2,1H3. The molecular weight excluding hydrogens is 372 g/mol. The molecule has 0 bridgehead atoms. The number of hydrogen-bond donors (Lipinski definition) is 1. The van der Waals surface area contributed by atoms with Crippen molar-refractivity contribution in [1.29, 1.82) is 0 Å². The molecule has 2 aromatic carbocycles. The third kappa shape index (κ3) is 3.59. The molecule has 0 fully saturated rings. The van der Waals surface area contributed by atoms with Gasteiger partial charge in [0.15, 0.2) is 0 Å². The Balaban J connectivity index is 2.28. The van der Waals surface area contributed by atoms with Crippen LogP contribution in [-0.4, -0.2) is 11.7 Å². The zero-order chi connectivity index (χ0) is 13.8. The minimum atomic E-state index is -0.654. The fourth-order valence-electron chi connectivity index (χ4n) is 1.81. The summed E-state index contributed by atoms with van der Waals surface area (Å²) in [6.45, 7) is 2.57. The molecule has 100 valence electrons. The molecule has 1 N–H and O–H groups in total. The summed E-state index contributed by atoms with van der Waals surface area (Å²) in [6, 6.07) is 13.3. The monoisotopic (exact) mass is 384 g/mol. The van der Waals surface area contributed by atoms with E-state index < -0.39 is 6.10 Å². The first-order valence-corrected chi connectivity index (χ1v) is 7.56. The molecule has 0 spiro atoms. The first kappa shape index (κ1) is 14.6. The zero-order valence-corrected chi connectivity index (χ0v) is 13.6. The fraction of sp³-hybridized carbons (Fsp3) is 0.200. The van der Waals surface area contributed by atoms with Crippen molar-refractivity contribution in [3.05, 3.63) is 62.5 Å². The molecule has 0 saturated heterocycles. The number of hydrogen-bond acceptors (Lipinski definition) is 2. The second-order valence-electron chi connectivity index (χ2n) is 4.07. The largest absolute Gasteiger partial charge is 0.494 e. The summed E-state index contributed by atoms with van der Waals surface area (Å²) in [5.41, 5.74) is 1.68. The molecule has 0 radical (unpaired) electrons. The average Bonchev–Trinajstić information content (AvgIpc) is 2.39. The van der Waals surface area contributed by atoms with Crippen LogP contribution >= 0.6 is 31.9 Å². The first-order valence-electron chi connectivity index (χ1n) is 5.97. The van der Waals surface area contributed by atoms with Gasteiger partial charge in [0, 0.05) is 8.95 Å². The predicted molar refractivity (Wildman–Crippen MR) is 83.5 cm³/mol. The molecule has 0 aliphatic carbocycles. The van der Waals surface area contributed by atoms with Gasteiger partial charge < -0.3 is 9.84 Å².